The molecule has 4 fully saturated rings. The second-order valence-electron chi connectivity index (χ2n) is 13.8. The van der Waals surface area contributed by atoms with Gasteiger partial charge in [-0.3, -0.25) is 9.59 Å². The summed E-state index contributed by atoms with van der Waals surface area (Å²) < 4.78 is 72.7. The molecule has 0 bridgehead atoms. The van der Waals surface area contributed by atoms with Crippen molar-refractivity contribution in [2.45, 2.75) is 78.8 Å². The third kappa shape index (κ3) is 4.14. The van der Waals surface area contributed by atoms with Crippen LogP contribution in [0.3, 0.4) is 0 Å². The fraction of sp³-hybridized carbons (Fsp3) is 0.486. The van der Waals surface area contributed by atoms with Crippen LogP contribution in [0.2, 0.25) is 0 Å². The number of ether oxygens (including phenoxy) is 2. The van der Waals surface area contributed by atoms with E-state index in [1.807, 2.05) is 0 Å². The number of allylic oxidation sites excluding steroid dienone is 4. The maximum absolute atomic E-state index is 17.6. The van der Waals surface area contributed by atoms with E-state index in [0.717, 1.165) is 11.8 Å². The molecule has 3 N–H and O–H groups in total. The van der Waals surface area contributed by atoms with Crippen LogP contribution in [0, 0.1) is 22.7 Å². The highest BCUT2D eigenvalue weighted by atomic mass is 32.2. The van der Waals surface area contributed by atoms with Crippen molar-refractivity contribution < 1.29 is 46.5 Å². The van der Waals surface area contributed by atoms with Gasteiger partial charge in [-0.15, -0.1) is 0 Å². The zero-order valence-corrected chi connectivity index (χ0v) is 27.0. The van der Waals surface area contributed by atoms with Crippen molar-refractivity contribution in [1.82, 2.24) is 0 Å². The maximum Gasteiger partial charge on any atom is 0.206 e. The fourth-order valence-corrected chi connectivity index (χ4v) is 10.7. The van der Waals surface area contributed by atoms with Crippen LogP contribution in [-0.4, -0.2) is 73.5 Å². The summed E-state index contributed by atoms with van der Waals surface area (Å²) in [7, 11) is -2.11. The Bertz CT molecular complexity index is 1810. The molecular formula is C35H37F2NO8S. The third-order valence-electron chi connectivity index (χ3n) is 11.8. The SMILES string of the molecule is CNc1ccc(S(=O)(=O)c2ccc([C@@H]3O[C@@H]4C[C@H]5[C@@H]6C[C@H](F)C7=CC(=O)C=C[C@]7(C)[C@@]6(F)[C@@H](O)C[C@]5(C)[C@]4(C(=O)CO)O3)cc2)cc1. The number of fused-ring (bicyclic) bond motifs is 7. The second kappa shape index (κ2) is 10.6. The Morgan fingerprint density at radius 2 is 1.68 bits per heavy atom. The molecular weight excluding hydrogens is 632 g/mol. The first-order chi connectivity index (χ1) is 22.2. The summed E-state index contributed by atoms with van der Waals surface area (Å²) in [5, 5.41) is 24.8. The van der Waals surface area contributed by atoms with Gasteiger partial charge in [0.05, 0.1) is 22.0 Å². The summed E-state index contributed by atoms with van der Waals surface area (Å²) in [6, 6.07) is 12.2. The first-order valence-corrected chi connectivity index (χ1v) is 17.2. The quantitative estimate of drug-likeness (QED) is 0.413. The van der Waals surface area contributed by atoms with E-state index in [1.54, 1.807) is 26.1 Å². The zero-order valence-electron chi connectivity index (χ0n) is 26.2. The van der Waals surface area contributed by atoms with Crippen LogP contribution in [0.4, 0.5) is 14.5 Å². The van der Waals surface area contributed by atoms with Gasteiger partial charge in [-0.1, -0.05) is 25.1 Å². The Morgan fingerprint density at radius 1 is 1.04 bits per heavy atom. The largest absolute Gasteiger partial charge is 0.390 e. The van der Waals surface area contributed by atoms with Gasteiger partial charge in [0.2, 0.25) is 9.84 Å². The number of nitrogens with one attached hydrogen (secondary N) is 1. The molecule has 4 aliphatic carbocycles. The number of alkyl halides is 2. The van der Waals surface area contributed by atoms with Crippen LogP contribution in [0.25, 0.3) is 0 Å². The minimum atomic E-state index is -3.84. The van der Waals surface area contributed by atoms with E-state index in [1.165, 1.54) is 55.5 Å². The maximum atomic E-state index is 17.6. The van der Waals surface area contributed by atoms with E-state index in [0.29, 0.717) is 5.56 Å². The normalized spacial score (nSPS) is 40.6. The van der Waals surface area contributed by atoms with Gasteiger partial charge < -0.3 is 25.0 Å². The number of carbonyl (C=O) groups excluding carboxylic acids is 2. The number of rotatable bonds is 6. The smallest absolute Gasteiger partial charge is 0.206 e. The summed E-state index contributed by atoms with van der Waals surface area (Å²) in [5.74, 6) is -2.87. The molecule has 2 aromatic carbocycles. The van der Waals surface area contributed by atoms with Gasteiger partial charge in [0.1, 0.15) is 12.8 Å². The predicted molar refractivity (Wildman–Crippen MR) is 165 cm³/mol. The van der Waals surface area contributed by atoms with Crippen molar-refractivity contribution in [2.75, 3.05) is 19.0 Å². The molecule has 250 valence electrons. The number of benzene rings is 2. The number of Topliss-reactive ketones (excluding diaryl/α,β-unsaturated/α-hetero) is 1. The minimum absolute atomic E-state index is 0.00116. The van der Waals surface area contributed by atoms with Crippen LogP contribution >= 0.6 is 0 Å². The van der Waals surface area contributed by atoms with Crippen LogP contribution < -0.4 is 5.32 Å². The predicted octanol–water partition coefficient (Wildman–Crippen LogP) is 4.20. The molecule has 9 nitrogen and oxygen atoms in total. The molecule has 3 saturated carbocycles. The number of sulfone groups is 1. The number of anilines is 1. The average molecular weight is 670 g/mol. The minimum Gasteiger partial charge on any atom is -0.390 e. The molecule has 1 heterocycles. The van der Waals surface area contributed by atoms with Crippen molar-refractivity contribution in [1.29, 1.82) is 0 Å². The molecule has 0 radical (unpaired) electrons. The summed E-state index contributed by atoms with van der Waals surface area (Å²) >= 11 is 0. The molecule has 7 rings (SSSR count). The van der Waals surface area contributed by atoms with E-state index in [4.69, 9.17) is 9.47 Å². The molecule has 2 aromatic rings. The molecule has 5 aliphatic rings. The lowest BCUT2D eigenvalue weighted by Gasteiger charge is -2.63. The van der Waals surface area contributed by atoms with Gasteiger partial charge in [-0.05, 0) is 86.2 Å². The summed E-state index contributed by atoms with van der Waals surface area (Å²) in [6.07, 6.45) is -2.17. The number of hydrogen-bond donors (Lipinski definition) is 3. The molecule has 0 unspecified atom stereocenters. The lowest BCUT2D eigenvalue weighted by molar-refractivity contribution is -0.235. The van der Waals surface area contributed by atoms with Crippen molar-refractivity contribution in [3.63, 3.8) is 0 Å². The standard InChI is InChI=1S/C35H37F2NO8S/c1-32-13-12-21(40)14-26(32)27(36)15-25-24-16-30-35(29(42)18-39,33(24,2)17-28(41)34(25,32)37)46-31(45-30)19-4-8-22(9-5-19)47(43,44)23-10-6-20(38-3)7-11-23/h4-14,24-25,27-28,30-31,38-39,41H,15-18H2,1-3H3/t24-,25-,27-,28-,30+,31+,32-,33-,34-,35+/m0/s1. The number of halogens is 2. The van der Waals surface area contributed by atoms with E-state index < -0.39 is 86.6 Å². The van der Waals surface area contributed by atoms with E-state index in [2.05, 4.69) is 5.32 Å². The van der Waals surface area contributed by atoms with Gasteiger partial charge in [0.15, 0.2) is 29.1 Å². The van der Waals surface area contributed by atoms with Gasteiger partial charge in [0.25, 0.3) is 0 Å². The number of aliphatic hydroxyl groups excluding tert-OH is 2. The van der Waals surface area contributed by atoms with Crippen LogP contribution in [0.1, 0.15) is 45.0 Å². The van der Waals surface area contributed by atoms with Crippen molar-refractivity contribution >= 4 is 27.1 Å². The van der Waals surface area contributed by atoms with Crippen LogP contribution in [0.15, 0.2) is 82.1 Å². The third-order valence-corrected chi connectivity index (χ3v) is 13.6. The first kappa shape index (κ1) is 32.3. The molecule has 10 atom stereocenters. The number of carbonyl (C=O) groups is 2. The van der Waals surface area contributed by atoms with Crippen LogP contribution in [0.5, 0.6) is 0 Å². The molecule has 0 spiro atoms. The first-order valence-electron chi connectivity index (χ1n) is 15.7. The Kier molecular flexibility index (Phi) is 7.28. The Hall–Kier alpha value is -3.29. The molecule has 0 amide bonds. The van der Waals surface area contributed by atoms with Crippen molar-refractivity contribution in [3.05, 3.63) is 77.9 Å². The summed E-state index contributed by atoms with van der Waals surface area (Å²) in [5.41, 5.74) is -5.81. The topological polar surface area (TPSA) is 139 Å². The van der Waals surface area contributed by atoms with Crippen molar-refractivity contribution in [2.24, 2.45) is 22.7 Å². The molecule has 1 saturated heterocycles. The molecule has 47 heavy (non-hydrogen) atoms. The lowest BCUT2D eigenvalue weighted by atomic mass is 9.44. The van der Waals surface area contributed by atoms with Gasteiger partial charge in [0, 0.05) is 35.0 Å². The highest BCUT2D eigenvalue weighted by molar-refractivity contribution is 7.91. The monoisotopic (exact) mass is 669 g/mol. The van der Waals surface area contributed by atoms with E-state index >= 15 is 8.78 Å². The van der Waals surface area contributed by atoms with Gasteiger partial charge in [-0.2, -0.15) is 0 Å². The number of aliphatic hydroxyl groups is 2. The second-order valence-corrected chi connectivity index (χ2v) is 15.8. The number of hydrogen-bond acceptors (Lipinski definition) is 9. The van der Waals surface area contributed by atoms with Crippen molar-refractivity contribution in [3.8, 4) is 0 Å². The molecule has 12 heteroatoms. The van der Waals surface area contributed by atoms with E-state index in [-0.39, 0.29) is 34.6 Å². The van der Waals surface area contributed by atoms with E-state index in [9.17, 15) is 28.2 Å². The summed E-state index contributed by atoms with van der Waals surface area (Å²) in [4.78, 5) is 26.0. The fourth-order valence-electron chi connectivity index (χ4n) is 9.46. The highest BCUT2D eigenvalue weighted by Crippen LogP contribution is 2.72. The number of ketones is 2. The molecule has 0 aromatic heterocycles. The Labute approximate surface area is 271 Å². The Balaban J connectivity index is 1.21. The van der Waals surface area contributed by atoms with Crippen LogP contribution in [-0.2, 0) is 28.9 Å². The Morgan fingerprint density at radius 3 is 2.30 bits per heavy atom. The zero-order chi connectivity index (χ0) is 33.7. The summed E-state index contributed by atoms with van der Waals surface area (Å²) in [6.45, 7) is 2.30. The van der Waals surface area contributed by atoms with Gasteiger partial charge >= 0.3 is 0 Å². The molecule has 1 aliphatic heterocycles. The average Bonchev–Trinajstić information content (AvgIpc) is 3.56. The highest BCUT2D eigenvalue weighted by Gasteiger charge is 2.80. The lowest BCUT2D eigenvalue weighted by Crippen LogP contribution is -2.70. The van der Waals surface area contributed by atoms with Gasteiger partial charge in [-0.25, -0.2) is 17.2 Å².